The zero-order chi connectivity index (χ0) is 15.4. The highest BCUT2D eigenvalue weighted by Gasteiger charge is 2.13. The van der Waals surface area contributed by atoms with Gasteiger partial charge in [0.05, 0.1) is 16.3 Å². The first-order chi connectivity index (χ1) is 10.7. The average Bonchev–Trinajstić information content (AvgIpc) is 2.98. The fourth-order valence-corrected chi connectivity index (χ4v) is 3.10. The van der Waals surface area contributed by atoms with E-state index in [1.54, 1.807) is 0 Å². The second-order valence-corrected chi connectivity index (χ2v) is 6.07. The number of hydrogen-bond donors (Lipinski definition) is 2. The summed E-state index contributed by atoms with van der Waals surface area (Å²) in [6, 6.07) is 17.4. The van der Waals surface area contributed by atoms with Crippen molar-refractivity contribution in [3.63, 3.8) is 0 Å². The van der Waals surface area contributed by atoms with Crippen LogP contribution in [0, 0.1) is 0 Å². The summed E-state index contributed by atoms with van der Waals surface area (Å²) in [5.41, 5.74) is 1.87. The van der Waals surface area contributed by atoms with Gasteiger partial charge in [0.15, 0.2) is 5.01 Å². The van der Waals surface area contributed by atoms with Gasteiger partial charge in [0.1, 0.15) is 0 Å². The first-order valence-corrected chi connectivity index (χ1v) is 7.90. The van der Waals surface area contributed by atoms with Gasteiger partial charge in [-0.05, 0) is 17.7 Å². The Morgan fingerprint density at radius 1 is 1.14 bits per heavy atom. The molecular weight excluding hydrogens is 296 g/mol. The number of benzene rings is 2. The van der Waals surface area contributed by atoms with E-state index in [2.05, 4.69) is 10.3 Å². The molecule has 0 bridgehead atoms. The lowest BCUT2D eigenvalue weighted by molar-refractivity contribution is 0.0916. The number of carbonyl (C=O) groups is 1. The second-order valence-electron chi connectivity index (χ2n) is 5.04. The lowest BCUT2D eigenvalue weighted by atomic mass is 10.1. The van der Waals surface area contributed by atoms with Crippen LogP contribution in [0.1, 0.15) is 15.4 Å². The summed E-state index contributed by atoms with van der Waals surface area (Å²) in [6.07, 6.45) is -0.0956. The molecule has 0 radical (unpaired) electrons. The molecular formula is C17H16N2O2S. The van der Waals surface area contributed by atoms with Crippen molar-refractivity contribution in [3.8, 4) is 0 Å². The van der Waals surface area contributed by atoms with Gasteiger partial charge in [-0.15, -0.1) is 11.3 Å². The Balaban J connectivity index is 1.57. The summed E-state index contributed by atoms with van der Waals surface area (Å²) < 4.78 is 0.984. The van der Waals surface area contributed by atoms with Crippen LogP contribution in [0.15, 0.2) is 54.6 Å². The van der Waals surface area contributed by atoms with Gasteiger partial charge in [0.2, 0.25) is 0 Å². The van der Waals surface area contributed by atoms with Gasteiger partial charge in [-0.2, -0.15) is 0 Å². The molecule has 0 spiro atoms. The number of rotatable bonds is 5. The van der Waals surface area contributed by atoms with Gasteiger partial charge < -0.3 is 10.4 Å². The minimum Gasteiger partial charge on any atom is -0.391 e. The fraction of sp³-hybridized carbons (Fsp3) is 0.176. The molecule has 112 valence electrons. The predicted octanol–water partition coefficient (Wildman–Crippen LogP) is 2.63. The standard InChI is InChI=1S/C17H16N2O2S/c20-13(10-12-6-2-1-3-7-12)11-18-16(21)17-19-14-8-4-5-9-15(14)22-17/h1-9,13,20H,10-11H2,(H,18,21). The number of aliphatic hydroxyl groups is 1. The molecule has 1 amide bonds. The molecule has 0 aliphatic rings. The van der Waals surface area contributed by atoms with Crippen LogP contribution in [-0.4, -0.2) is 28.6 Å². The summed E-state index contributed by atoms with van der Waals surface area (Å²) in [4.78, 5) is 16.4. The van der Waals surface area contributed by atoms with E-state index in [-0.39, 0.29) is 12.5 Å². The molecule has 0 fully saturated rings. The summed E-state index contributed by atoms with van der Waals surface area (Å²) in [5, 5.41) is 13.2. The van der Waals surface area contributed by atoms with Crippen LogP contribution in [-0.2, 0) is 6.42 Å². The van der Waals surface area contributed by atoms with E-state index < -0.39 is 6.10 Å². The van der Waals surface area contributed by atoms with Crippen molar-refractivity contribution >= 4 is 27.5 Å². The zero-order valence-electron chi connectivity index (χ0n) is 11.9. The molecule has 22 heavy (non-hydrogen) atoms. The van der Waals surface area contributed by atoms with Crippen LogP contribution < -0.4 is 5.32 Å². The van der Waals surface area contributed by atoms with E-state index in [1.165, 1.54) is 11.3 Å². The molecule has 1 aromatic heterocycles. The van der Waals surface area contributed by atoms with Gasteiger partial charge in [0.25, 0.3) is 5.91 Å². The number of aliphatic hydroxyl groups excluding tert-OH is 1. The monoisotopic (exact) mass is 312 g/mol. The van der Waals surface area contributed by atoms with E-state index in [1.807, 2.05) is 54.6 Å². The number of fused-ring (bicyclic) bond motifs is 1. The SMILES string of the molecule is O=C(NCC(O)Cc1ccccc1)c1nc2ccccc2s1. The molecule has 0 saturated heterocycles. The molecule has 2 N–H and O–H groups in total. The number of para-hydroxylation sites is 1. The maximum atomic E-state index is 12.1. The number of nitrogens with one attached hydrogen (secondary N) is 1. The van der Waals surface area contributed by atoms with E-state index >= 15 is 0 Å². The zero-order valence-corrected chi connectivity index (χ0v) is 12.7. The fourth-order valence-electron chi connectivity index (χ4n) is 2.21. The smallest absolute Gasteiger partial charge is 0.280 e. The van der Waals surface area contributed by atoms with Gasteiger partial charge in [-0.3, -0.25) is 4.79 Å². The van der Waals surface area contributed by atoms with Crippen molar-refractivity contribution in [2.45, 2.75) is 12.5 Å². The number of hydrogen-bond acceptors (Lipinski definition) is 4. The third-order valence-electron chi connectivity index (χ3n) is 3.30. The van der Waals surface area contributed by atoms with E-state index in [4.69, 9.17) is 0 Å². The van der Waals surface area contributed by atoms with Crippen LogP contribution in [0.3, 0.4) is 0 Å². The molecule has 2 aromatic carbocycles. The van der Waals surface area contributed by atoms with Crippen molar-refractivity contribution in [3.05, 3.63) is 65.2 Å². The summed E-state index contributed by atoms with van der Waals surface area (Å²) >= 11 is 1.36. The quantitative estimate of drug-likeness (QED) is 0.761. The van der Waals surface area contributed by atoms with Crippen LogP contribution in [0.2, 0.25) is 0 Å². The molecule has 4 nitrogen and oxygen atoms in total. The summed E-state index contributed by atoms with van der Waals surface area (Å²) in [7, 11) is 0. The lowest BCUT2D eigenvalue weighted by Crippen LogP contribution is -2.33. The molecule has 5 heteroatoms. The van der Waals surface area contributed by atoms with Crippen LogP contribution in [0.4, 0.5) is 0 Å². The second kappa shape index (κ2) is 6.68. The Bertz CT molecular complexity index is 737. The van der Waals surface area contributed by atoms with Gasteiger partial charge in [0, 0.05) is 13.0 Å². The van der Waals surface area contributed by atoms with Crippen molar-refractivity contribution in [2.24, 2.45) is 0 Å². The van der Waals surface area contributed by atoms with Gasteiger partial charge in [-0.1, -0.05) is 42.5 Å². The van der Waals surface area contributed by atoms with Crippen molar-refractivity contribution < 1.29 is 9.90 Å². The van der Waals surface area contributed by atoms with Gasteiger partial charge >= 0.3 is 0 Å². The molecule has 3 aromatic rings. The normalized spacial score (nSPS) is 12.2. The lowest BCUT2D eigenvalue weighted by Gasteiger charge is -2.11. The minimum atomic E-state index is -0.610. The highest BCUT2D eigenvalue weighted by Crippen LogP contribution is 2.21. The molecule has 0 saturated carbocycles. The van der Waals surface area contributed by atoms with Crippen LogP contribution in [0.5, 0.6) is 0 Å². The van der Waals surface area contributed by atoms with E-state index in [0.717, 1.165) is 15.8 Å². The van der Waals surface area contributed by atoms with Gasteiger partial charge in [-0.25, -0.2) is 4.98 Å². The molecule has 1 heterocycles. The van der Waals surface area contributed by atoms with Crippen molar-refractivity contribution in [1.29, 1.82) is 0 Å². The number of carbonyl (C=O) groups excluding carboxylic acids is 1. The molecule has 0 aliphatic heterocycles. The molecule has 0 aliphatic carbocycles. The van der Waals surface area contributed by atoms with E-state index in [0.29, 0.717) is 11.4 Å². The first-order valence-electron chi connectivity index (χ1n) is 7.08. The summed E-state index contributed by atoms with van der Waals surface area (Å²) in [6.45, 7) is 0.212. The molecule has 3 rings (SSSR count). The average molecular weight is 312 g/mol. The Hall–Kier alpha value is -2.24. The molecule has 1 atom stereocenters. The third-order valence-corrected chi connectivity index (χ3v) is 4.34. The Labute approximate surface area is 132 Å². The minimum absolute atomic E-state index is 0.212. The number of nitrogens with zero attached hydrogens (tertiary/aromatic N) is 1. The highest BCUT2D eigenvalue weighted by molar-refractivity contribution is 7.20. The Morgan fingerprint density at radius 2 is 1.86 bits per heavy atom. The van der Waals surface area contributed by atoms with Crippen molar-refractivity contribution in [2.75, 3.05) is 6.54 Å². The number of thiazole rings is 1. The Kier molecular flexibility index (Phi) is 4.46. The number of aromatic nitrogens is 1. The molecule has 1 unspecified atom stereocenters. The van der Waals surface area contributed by atoms with E-state index in [9.17, 15) is 9.90 Å². The highest BCUT2D eigenvalue weighted by atomic mass is 32.1. The van der Waals surface area contributed by atoms with Crippen LogP contribution in [0.25, 0.3) is 10.2 Å². The summed E-state index contributed by atoms with van der Waals surface area (Å²) in [5.74, 6) is -0.242. The number of amides is 1. The maximum absolute atomic E-state index is 12.1. The predicted molar refractivity (Wildman–Crippen MR) is 88.1 cm³/mol. The largest absolute Gasteiger partial charge is 0.391 e. The third kappa shape index (κ3) is 3.50. The topological polar surface area (TPSA) is 62.2 Å². The first kappa shape index (κ1) is 14.7. The van der Waals surface area contributed by atoms with Crippen LogP contribution >= 0.6 is 11.3 Å². The maximum Gasteiger partial charge on any atom is 0.280 e. The Morgan fingerprint density at radius 3 is 2.64 bits per heavy atom. The van der Waals surface area contributed by atoms with Crippen molar-refractivity contribution in [1.82, 2.24) is 10.3 Å².